The zero-order valence-electron chi connectivity index (χ0n) is 14.2. The number of hydrogen-bond acceptors (Lipinski definition) is 3. The molecular weight excluding hydrogens is 366 g/mol. The Labute approximate surface area is 159 Å². The van der Waals surface area contributed by atoms with Gasteiger partial charge < -0.3 is 4.57 Å². The number of benzene rings is 2. The summed E-state index contributed by atoms with van der Waals surface area (Å²) in [5, 5.41) is 2.56. The number of rotatable bonds is 2. The van der Waals surface area contributed by atoms with Gasteiger partial charge in [-0.2, -0.15) is 0 Å². The Hall–Kier alpha value is -2.24. The van der Waals surface area contributed by atoms with Crippen LogP contribution < -0.4 is 5.56 Å². The molecule has 0 saturated carbocycles. The molecule has 4 nitrogen and oxygen atoms in total. The van der Waals surface area contributed by atoms with Crippen LogP contribution in [0.4, 0.5) is 0 Å². The summed E-state index contributed by atoms with van der Waals surface area (Å²) in [7, 11) is 0. The van der Waals surface area contributed by atoms with E-state index in [1.165, 1.54) is 0 Å². The van der Waals surface area contributed by atoms with Crippen molar-refractivity contribution in [3.05, 3.63) is 69.0 Å². The Balaban J connectivity index is 1.88. The predicted octanol–water partition coefficient (Wildman–Crippen LogP) is 4.47. The molecule has 0 amide bonds. The molecule has 0 saturated heterocycles. The summed E-state index contributed by atoms with van der Waals surface area (Å²) in [4.78, 5) is 18.1. The maximum atomic E-state index is 13.2. The van der Waals surface area contributed by atoms with Gasteiger partial charge in [-0.1, -0.05) is 53.2 Å². The van der Waals surface area contributed by atoms with Gasteiger partial charge in [-0.3, -0.25) is 9.36 Å². The van der Waals surface area contributed by atoms with E-state index in [9.17, 15) is 4.79 Å². The summed E-state index contributed by atoms with van der Waals surface area (Å²) in [6.07, 6.45) is 0. The number of thioether (sulfide) groups is 1. The highest BCUT2D eigenvalue weighted by atomic mass is 35.5. The lowest BCUT2D eigenvalue weighted by Crippen LogP contribution is -2.22. The first kappa shape index (κ1) is 16.0. The Morgan fingerprint density at radius 3 is 2.92 bits per heavy atom. The van der Waals surface area contributed by atoms with Crippen LogP contribution in [-0.2, 0) is 13.1 Å². The fourth-order valence-corrected chi connectivity index (χ4v) is 4.79. The molecule has 1 aliphatic heterocycles. The van der Waals surface area contributed by atoms with E-state index in [1.54, 1.807) is 16.3 Å². The van der Waals surface area contributed by atoms with Crippen LogP contribution in [0.15, 0.2) is 52.4 Å². The van der Waals surface area contributed by atoms with E-state index in [2.05, 4.69) is 29.7 Å². The predicted molar refractivity (Wildman–Crippen MR) is 108 cm³/mol. The molecule has 1 aliphatic rings. The monoisotopic (exact) mass is 381 g/mol. The molecule has 0 bridgehead atoms. The standard InChI is InChI=1S/C20H16ClN3OS/c1-12-6-7-16-14(10-12)17-18(19(25)23-8-9-26-20(23)22-17)24(16)11-13-4-2-3-5-15(13)21/h2-7,10H,8-9,11H2,1H3. The number of aryl methyl sites for hydroxylation is 1. The minimum atomic E-state index is 0.0379. The van der Waals surface area contributed by atoms with Gasteiger partial charge in [0.1, 0.15) is 11.0 Å². The minimum absolute atomic E-state index is 0.0379. The Morgan fingerprint density at radius 2 is 2.08 bits per heavy atom. The minimum Gasteiger partial charge on any atom is -0.330 e. The van der Waals surface area contributed by atoms with E-state index in [4.69, 9.17) is 16.6 Å². The zero-order valence-corrected chi connectivity index (χ0v) is 15.8. The molecule has 3 heterocycles. The molecule has 4 aromatic rings. The number of nitrogens with zero attached hydrogens (tertiary/aromatic N) is 3. The second-order valence-corrected chi connectivity index (χ2v) is 8.06. The van der Waals surface area contributed by atoms with Crippen LogP contribution in [0.3, 0.4) is 0 Å². The summed E-state index contributed by atoms with van der Waals surface area (Å²) < 4.78 is 3.86. The molecule has 0 fully saturated rings. The van der Waals surface area contributed by atoms with Gasteiger partial charge in [-0.25, -0.2) is 4.98 Å². The van der Waals surface area contributed by atoms with Crippen molar-refractivity contribution in [1.82, 2.24) is 14.1 Å². The SMILES string of the molecule is Cc1ccc2c(c1)c1nc3n(c(=O)c1n2Cc1ccccc1Cl)CCS3. The molecule has 0 radical (unpaired) electrons. The summed E-state index contributed by atoms with van der Waals surface area (Å²) in [6, 6.07) is 14.0. The van der Waals surface area contributed by atoms with Crippen molar-refractivity contribution in [2.24, 2.45) is 0 Å². The van der Waals surface area contributed by atoms with Crippen LogP contribution in [0.1, 0.15) is 11.1 Å². The summed E-state index contributed by atoms with van der Waals surface area (Å²) in [5.74, 6) is 0.899. The molecule has 0 aliphatic carbocycles. The molecule has 0 unspecified atom stereocenters. The van der Waals surface area contributed by atoms with Crippen LogP contribution in [-0.4, -0.2) is 19.9 Å². The second kappa shape index (κ2) is 5.89. The van der Waals surface area contributed by atoms with Crippen LogP contribution in [0, 0.1) is 6.92 Å². The Morgan fingerprint density at radius 1 is 1.23 bits per heavy atom. The summed E-state index contributed by atoms with van der Waals surface area (Å²) in [5.41, 5.74) is 4.66. The maximum absolute atomic E-state index is 13.2. The third kappa shape index (κ3) is 2.31. The average Bonchev–Trinajstić information content (AvgIpc) is 3.21. The molecule has 2 aromatic heterocycles. The van der Waals surface area contributed by atoms with Gasteiger partial charge in [-0.05, 0) is 30.7 Å². The fourth-order valence-electron chi connectivity index (χ4n) is 3.65. The van der Waals surface area contributed by atoms with E-state index in [0.29, 0.717) is 23.6 Å². The lowest BCUT2D eigenvalue weighted by atomic mass is 10.1. The smallest absolute Gasteiger partial charge is 0.278 e. The van der Waals surface area contributed by atoms with Crippen LogP contribution in [0.5, 0.6) is 0 Å². The molecule has 0 N–H and O–H groups in total. The van der Waals surface area contributed by atoms with Crippen molar-refractivity contribution in [1.29, 1.82) is 0 Å². The molecule has 0 atom stereocenters. The van der Waals surface area contributed by atoms with E-state index in [1.807, 2.05) is 24.3 Å². The van der Waals surface area contributed by atoms with Crippen molar-refractivity contribution < 1.29 is 0 Å². The summed E-state index contributed by atoms with van der Waals surface area (Å²) in [6.45, 7) is 3.33. The van der Waals surface area contributed by atoms with E-state index in [0.717, 1.165) is 38.5 Å². The molecule has 0 spiro atoms. The normalized spacial score (nSPS) is 13.6. The number of hydrogen-bond donors (Lipinski definition) is 0. The van der Waals surface area contributed by atoms with Gasteiger partial charge in [0.25, 0.3) is 5.56 Å². The average molecular weight is 382 g/mol. The Kier molecular flexibility index (Phi) is 3.62. The van der Waals surface area contributed by atoms with Crippen molar-refractivity contribution in [2.45, 2.75) is 25.2 Å². The van der Waals surface area contributed by atoms with Crippen LogP contribution in [0.25, 0.3) is 21.9 Å². The highest BCUT2D eigenvalue weighted by Crippen LogP contribution is 2.31. The topological polar surface area (TPSA) is 39.8 Å². The van der Waals surface area contributed by atoms with Crippen LogP contribution >= 0.6 is 23.4 Å². The molecule has 5 rings (SSSR count). The van der Waals surface area contributed by atoms with Gasteiger partial charge in [0, 0.05) is 29.3 Å². The number of fused-ring (bicyclic) bond motifs is 4. The van der Waals surface area contributed by atoms with Gasteiger partial charge in [0.15, 0.2) is 5.16 Å². The van der Waals surface area contributed by atoms with Crippen LogP contribution in [0.2, 0.25) is 5.02 Å². The quantitative estimate of drug-likeness (QED) is 0.481. The number of halogens is 1. The van der Waals surface area contributed by atoms with Crippen molar-refractivity contribution in [3.63, 3.8) is 0 Å². The van der Waals surface area contributed by atoms with Gasteiger partial charge in [0.2, 0.25) is 0 Å². The first-order valence-electron chi connectivity index (χ1n) is 8.53. The third-order valence-electron chi connectivity index (χ3n) is 4.91. The highest BCUT2D eigenvalue weighted by molar-refractivity contribution is 7.99. The molecule has 130 valence electrons. The number of aromatic nitrogens is 3. The zero-order chi connectivity index (χ0) is 17.8. The fraction of sp³-hybridized carbons (Fsp3) is 0.200. The Bertz CT molecular complexity index is 1240. The molecular formula is C20H16ClN3OS. The van der Waals surface area contributed by atoms with Gasteiger partial charge in [0.05, 0.1) is 5.52 Å². The van der Waals surface area contributed by atoms with Crippen molar-refractivity contribution >= 4 is 45.3 Å². The molecule has 2 aromatic carbocycles. The molecule has 26 heavy (non-hydrogen) atoms. The lowest BCUT2D eigenvalue weighted by molar-refractivity contribution is 0.663. The van der Waals surface area contributed by atoms with Crippen molar-refractivity contribution in [3.8, 4) is 0 Å². The first-order valence-corrected chi connectivity index (χ1v) is 9.89. The van der Waals surface area contributed by atoms with Crippen molar-refractivity contribution in [2.75, 3.05) is 5.75 Å². The van der Waals surface area contributed by atoms with E-state index < -0.39 is 0 Å². The first-order chi connectivity index (χ1) is 12.6. The highest BCUT2D eigenvalue weighted by Gasteiger charge is 2.22. The van der Waals surface area contributed by atoms with E-state index in [-0.39, 0.29) is 5.56 Å². The van der Waals surface area contributed by atoms with Gasteiger partial charge in [-0.15, -0.1) is 0 Å². The third-order valence-corrected chi connectivity index (χ3v) is 6.24. The second-order valence-electron chi connectivity index (χ2n) is 6.60. The maximum Gasteiger partial charge on any atom is 0.278 e. The summed E-state index contributed by atoms with van der Waals surface area (Å²) >= 11 is 8.03. The van der Waals surface area contributed by atoms with E-state index >= 15 is 0 Å². The lowest BCUT2D eigenvalue weighted by Gasteiger charge is -2.10. The van der Waals surface area contributed by atoms with Gasteiger partial charge >= 0.3 is 0 Å². The molecule has 6 heteroatoms. The largest absolute Gasteiger partial charge is 0.330 e.